The van der Waals surface area contributed by atoms with Gasteiger partial charge in [-0.1, -0.05) is 30.3 Å². The van der Waals surface area contributed by atoms with Gasteiger partial charge in [-0.2, -0.15) is 23.3 Å². The summed E-state index contributed by atoms with van der Waals surface area (Å²) in [7, 11) is 3.36. The van der Waals surface area contributed by atoms with Crippen molar-refractivity contribution in [1.29, 1.82) is 0 Å². The summed E-state index contributed by atoms with van der Waals surface area (Å²) < 4.78 is 48.9. The van der Waals surface area contributed by atoms with Crippen molar-refractivity contribution in [2.24, 2.45) is 7.05 Å². The molecular weight excluding hydrogens is 473 g/mol. The number of aromatic nitrogens is 4. The van der Waals surface area contributed by atoms with Crippen molar-refractivity contribution in [2.45, 2.75) is 18.6 Å². The maximum absolute atomic E-state index is 13.9. The van der Waals surface area contributed by atoms with Crippen LogP contribution < -0.4 is 15.1 Å². The number of nitrogens with one attached hydrogen (secondary N) is 1. The van der Waals surface area contributed by atoms with E-state index in [0.717, 1.165) is 23.0 Å². The van der Waals surface area contributed by atoms with Gasteiger partial charge in [-0.3, -0.25) is 9.52 Å². The highest BCUT2D eigenvalue weighted by molar-refractivity contribution is 5.72. The van der Waals surface area contributed by atoms with Crippen LogP contribution in [0, 0.1) is 0 Å². The lowest BCUT2D eigenvalue weighted by atomic mass is 10.0. The number of ether oxygens (including phenoxy) is 1. The molecule has 0 amide bonds. The van der Waals surface area contributed by atoms with Crippen LogP contribution in [0.2, 0.25) is 0 Å². The molecule has 1 aliphatic heterocycles. The molecule has 0 radical (unpaired) electrons. The molecule has 1 unspecified atom stereocenters. The quantitative estimate of drug-likeness (QED) is 0.376. The zero-order valence-corrected chi connectivity index (χ0v) is 19.5. The monoisotopic (exact) mass is 496 g/mol. The predicted octanol–water partition coefficient (Wildman–Crippen LogP) is 5.53. The van der Waals surface area contributed by atoms with E-state index in [-0.39, 0.29) is 18.4 Å². The van der Waals surface area contributed by atoms with E-state index < -0.39 is 17.8 Å². The second-order valence-electron chi connectivity index (χ2n) is 8.18. The molecule has 4 aromatic rings. The Morgan fingerprint density at radius 1 is 1.11 bits per heavy atom. The van der Waals surface area contributed by atoms with Gasteiger partial charge in [0.15, 0.2) is 5.82 Å². The number of halogens is 3. The number of rotatable bonds is 6. The summed E-state index contributed by atoms with van der Waals surface area (Å²) in [6, 6.07) is 16.0. The Balaban J connectivity index is 1.49. The van der Waals surface area contributed by atoms with Crippen molar-refractivity contribution < 1.29 is 22.7 Å². The van der Waals surface area contributed by atoms with Crippen molar-refractivity contribution in [1.82, 2.24) is 19.7 Å². The summed E-state index contributed by atoms with van der Waals surface area (Å²) in [5.74, 6) is 0.211. The van der Waals surface area contributed by atoms with Crippen LogP contribution >= 0.6 is 0 Å². The predicted molar refractivity (Wildman–Crippen MR) is 128 cm³/mol. The number of hydrogen-bond donors (Lipinski definition) is 1. The largest absolute Gasteiger partial charge is 0.496 e. The highest BCUT2D eigenvalue weighted by Crippen LogP contribution is 2.42. The molecule has 186 valence electrons. The van der Waals surface area contributed by atoms with E-state index in [1.165, 1.54) is 5.06 Å². The van der Waals surface area contributed by atoms with Gasteiger partial charge < -0.3 is 10.1 Å². The number of nitrogens with zero attached hydrogens (tertiary/aromatic N) is 5. The number of aryl methyl sites for hydroxylation is 1. The Hall–Kier alpha value is -4.12. The lowest BCUT2D eigenvalue weighted by Crippen LogP contribution is -2.26. The van der Waals surface area contributed by atoms with E-state index in [1.54, 1.807) is 30.1 Å². The van der Waals surface area contributed by atoms with Crippen LogP contribution in [0.3, 0.4) is 0 Å². The van der Waals surface area contributed by atoms with Gasteiger partial charge in [0, 0.05) is 43.2 Å². The normalized spacial score (nSPS) is 15.8. The first-order valence-corrected chi connectivity index (χ1v) is 11.2. The minimum atomic E-state index is -4.66. The molecule has 1 saturated heterocycles. The van der Waals surface area contributed by atoms with Crippen molar-refractivity contribution >= 4 is 17.5 Å². The maximum atomic E-state index is 13.9. The number of benzene rings is 2. The standard InChI is InChI=1S/C25H23F3N6O2/c1-33-21(10-12-30-33)18-9-8-17(14-22(18)35-2)31-24-29-15-19(25(26,27)28)23(32-24)34-20(11-13-36-34)16-6-4-3-5-7-16/h3-10,12,14-15,20H,11,13H2,1-2H3,(H,29,31,32). The van der Waals surface area contributed by atoms with Crippen LogP contribution in [-0.2, 0) is 18.1 Å². The topological polar surface area (TPSA) is 77.3 Å². The van der Waals surface area contributed by atoms with Gasteiger partial charge in [0.25, 0.3) is 0 Å². The Labute approximate surface area is 205 Å². The Morgan fingerprint density at radius 3 is 2.61 bits per heavy atom. The van der Waals surface area contributed by atoms with Gasteiger partial charge in [0.1, 0.15) is 11.3 Å². The third-order valence-corrected chi connectivity index (χ3v) is 5.93. The lowest BCUT2D eigenvalue weighted by molar-refractivity contribution is -0.138. The van der Waals surface area contributed by atoms with Crippen LogP contribution in [0.25, 0.3) is 11.3 Å². The summed E-state index contributed by atoms with van der Waals surface area (Å²) in [5.41, 5.74) is 2.08. The molecule has 1 aliphatic rings. The molecule has 2 aromatic heterocycles. The summed E-state index contributed by atoms with van der Waals surface area (Å²) >= 11 is 0. The Bertz CT molecular complexity index is 1360. The van der Waals surface area contributed by atoms with E-state index >= 15 is 0 Å². The number of hydrogen-bond acceptors (Lipinski definition) is 7. The molecule has 8 nitrogen and oxygen atoms in total. The number of anilines is 3. The average Bonchev–Trinajstić information content (AvgIpc) is 3.53. The highest BCUT2D eigenvalue weighted by Gasteiger charge is 2.40. The molecule has 0 aliphatic carbocycles. The van der Waals surface area contributed by atoms with Crippen LogP contribution in [0.4, 0.5) is 30.6 Å². The number of hydroxylamine groups is 1. The first-order valence-electron chi connectivity index (χ1n) is 11.2. The zero-order valence-electron chi connectivity index (χ0n) is 19.5. The summed E-state index contributed by atoms with van der Waals surface area (Å²) in [6.07, 6.45) is -1.67. The molecule has 36 heavy (non-hydrogen) atoms. The van der Waals surface area contributed by atoms with E-state index in [0.29, 0.717) is 17.9 Å². The van der Waals surface area contributed by atoms with Gasteiger partial charge in [0.05, 0.1) is 25.5 Å². The molecule has 0 saturated carbocycles. The summed E-state index contributed by atoms with van der Waals surface area (Å²) in [6.45, 7) is 0.274. The van der Waals surface area contributed by atoms with E-state index in [4.69, 9.17) is 9.57 Å². The molecule has 2 aromatic carbocycles. The smallest absolute Gasteiger partial charge is 0.421 e. The van der Waals surface area contributed by atoms with Crippen LogP contribution in [-0.4, -0.2) is 33.5 Å². The van der Waals surface area contributed by atoms with Crippen molar-refractivity contribution in [2.75, 3.05) is 24.1 Å². The fraction of sp³-hybridized carbons (Fsp3) is 0.240. The molecule has 0 spiro atoms. The third kappa shape index (κ3) is 4.57. The molecule has 1 N–H and O–H groups in total. The zero-order chi connectivity index (χ0) is 25.3. The number of alkyl halides is 3. The third-order valence-electron chi connectivity index (χ3n) is 5.93. The average molecular weight is 496 g/mol. The van der Waals surface area contributed by atoms with Crippen molar-refractivity contribution in [3.63, 3.8) is 0 Å². The molecule has 0 bridgehead atoms. The van der Waals surface area contributed by atoms with Gasteiger partial charge in [-0.15, -0.1) is 0 Å². The second-order valence-corrected chi connectivity index (χ2v) is 8.18. The second kappa shape index (κ2) is 9.50. The fourth-order valence-electron chi connectivity index (χ4n) is 4.20. The molecule has 11 heteroatoms. The van der Waals surface area contributed by atoms with Crippen LogP contribution in [0.1, 0.15) is 23.6 Å². The van der Waals surface area contributed by atoms with Gasteiger partial charge in [-0.05, 0) is 23.8 Å². The van der Waals surface area contributed by atoms with Crippen LogP contribution in [0.5, 0.6) is 5.75 Å². The molecule has 1 atom stereocenters. The first-order chi connectivity index (χ1) is 17.3. The van der Waals surface area contributed by atoms with E-state index in [9.17, 15) is 13.2 Å². The fourth-order valence-corrected chi connectivity index (χ4v) is 4.20. The first kappa shape index (κ1) is 23.6. The van der Waals surface area contributed by atoms with Gasteiger partial charge in [-0.25, -0.2) is 10.0 Å². The van der Waals surface area contributed by atoms with E-state index in [2.05, 4.69) is 20.4 Å². The molecule has 3 heterocycles. The summed E-state index contributed by atoms with van der Waals surface area (Å²) in [4.78, 5) is 13.8. The summed E-state index contributed by atoms with van der Waals surface area (Å²) in [5, 5.41) is 8.40. The number of methoxy groups -OCH3 is 1. The molecular formula is C25H23F3N6O2. The van der Waals surface area contributed by atoms with Crippen LogP contribution in [0.15, 0.2) is 67.0 Å². The van der Waals surface area contributed by atoms with Crippen molar-refractivity contribution in [3.8, 4) is 17.0 Å². The minimum Gasteiger partial charge on any atom is -0.496 e. The maximum Gasteiger partial charge on any atom is 0.421 e. The van der Waals surface area contributed by atoms with E-state index in [1.807, 2.05) is 49.5 Å². The van der Waals surface area contributed by atoms with Gasteiger partial charge in [0.2, 0.25) is 5.95 Å². The SMILES string of the molecule is COc1cc(Nc2ncc(C(F)(F)F)c(N3OCCC3c3ccccc3)n2)ccc1-c1ccnn1C. The van der Waals surface area contributed by atoms with Crippen molar-refractivity contribution in [3.05, 3.63) is 78.1 Å². The highest BCUT2D eigenvalue weighted by atomic mass is 19.4. The minimum absolute atomic E-state index is 0.00403. The lowest BCUT2D eigenvalue weighted by Gasteiger charge is -2.26. The molecule has 1 fully saturated rings. The Kier molecular flexibility index (Phi) is 6.23. The Morgan fingerprint density at radius 2 is 1.92 bits per heavy atom. The van der Waals surface area contributed by atoms with Gasteiger partial charge >= 0.3 is 6.18 Å². The molecule has 5 rings (SSSR count).